The van der Waals surface area contributed by atoms with Crippen LogP contribution >= 0.6 is 11.8 Å². The molecule has 0 heterocycles. The normalized spacial score (nSPS) is 14.3. The molecule has 0 aromatic heterocycles. The van der Waals surface area contributed by atoms with Crippen molar-refractivity contribution in [1.29, 1.82) is 0 Å². The van der Waals surface area contributed by atoms with E-state index < -0.39 is 0 Å². The first-order valence-electron chi connectivity index (χ1n) is 3.82. The summed E-state index contributed by atoms with van der Waals surface area (Å²) in [5.41, 5.74) is 0. The third-order valence-electron chi connectivity index (χ3n) is 1.20. The van der Waals surface area contributed by atoms with Crippen molar-refractivity contribution in [3.63, 3.8) is 0 Å². The molecule has 1 atom stereocenters. The second kappa shape index (κ2) is 5.16. The molecule has 0 aliphatic carbocycles. The van der Waals surface area contributed by atoms with Crippen LogP contribution in [-0.4, -0.2) is 10.5 Å². The van der Waals surface area contributed by atoms with Gasteiger partial charge in [0.15, 0.2) is 0 Å². The van der Waals surface area contributed by atoms with Gasteiger partial charge in [-0.05, 0) is 11.7 Å². The minimum Gasteiger partial charge on any atom is -0.156 e. The van der Waals surface area contributed by atoms with Crippen LogP contribution in [0.15, 0.2) is 0 Å². The summed E-state index contributed by atoms with van der Waals surface area (Å²) in [4.78, 5) is 0. The van der Waals surface area contributed by atoms with E-state index in [2.05, 4.69) is 39.5 Å². The number of hydrogen-bond donors (Lipinski definition) is 0. The Labute approximate surface area is 63.4 Å². The molecule has 0 aliphatic rings. The topological polar surface area (TPSA) is 0 Å². The highest BCUT2D eigenvalue weighted by atomic mass is 32.2. The molecule has 0 spiro atoms. The molecule has 0 bridgehead atoms. The molecule has 0 saturated carbocycles. The van der Waals surface area contributed by atoms with Crippen LogP contribution in [0.3, 0.4) is 0 Å². The molecule has 0 rings (SSSR count). The first-order valence-corrected chi connectivity index (χ1v) is 4.76. The minimum atomic E-state index is 0.798. The first kappa shape index (κ1) is 9.35. The number of hydrogen-bond acceptors (Lipinski definition) is 1. The summed E-state index contributed by atoms with van der Waals surface area (Å²) < 4.78 is 0. The van der Waals surface area contributed by atoms with Gasteiger partial charge in [0.2, 0.25) is 0 Å². The Morgan fingerprint density at radius 2 is 1.78 bits per heavy atom. The Morgan fingerprint density at radius 3 is 2.11 bits per heavy atom. The van der Waals surface area contributed by atoms with Crippen LogP contribution in [0.2, 0.25) is 0 Å². The van der Waals surface area contributed by atoms with Crippen molar-refractivity contribution < 1.29 is 0 Å². The van der Waals surface area contributed by atoms with Gasteiger partial charge in [-0.3, -0.25) is 0 Å². The molecule has 0 radical (unpaired) electrons. The van der Waals surface area contributed by atoms with Gasteiger partial charge in [0, 0.05) is 5.25 Å². The average Bonchev–Trinajstić information content (AvgIpc) is 1.63. The zero-order chi connectivity index (χ0) is 7.28. The summed E-state index contributed by atoms with van der Waals surface area (Å²) in [7, 11) is 0. The maximum Gasteiger partial charge on any atom is 0.00211 e. The smallest absolute Gasteiger partial charge is 0.00211 e. The Hall–Kier alpha value is 0.350. The molecule has 56 valence electrons. The highest BCUT2D eigenvalue weighted by molar-refractivity contribution is 8.00. The second-order valence-electron chi connectivity index (χ2n) is 2.78. The summed E-state index contributed by atoms with van der Waals surface area (Å²) in [6.07, 6.45) is 2.68. The molecule has 0 aliphatic heterocycles. The maximum absolute atomic E-state index is 2.31. The fourth-order valence-corrected chi connectivity index (χ4v) is 2.24. The quantitative estimate of drug-likeness (QED) is 0.586. The molecule has 0 saturated heterocycles. The van der Waals surface area contributed by atoms with Crippen LogP contribution in [0.5, 0.6) is 0 Å². The zero-order valence-corrected chi connectivity index (χ0v) is 7.79. The van der Waals surface area contributed by atoms with Crippen LogP contribution in [0.4, 0.5) is 0 Å². The van der Waals surface area contributed by atoms with Crippen LogP contribution in [0, 0.1) is 0 Å². The van der Waals surface area contributed by atoms with E-state index in [4.69, 9.17) is 0 Å². The Balaban J connectivity index is 3.15. The fourth-order valence-electron chi connectivity index (χ4n) is 0.939. The summed E-state index contributed by atoms with van der Waals surface area (Å²) in [6.45, 7) is 9.08. The first-order chi connectivity index (χ1) is 4.16. The monoisotopic (exact) mass is 146 g/mol. The van der Waals surface area contributed by atoms with Gasteiger partial charge in [0.25, 0.3) is 0 Å². The highest BCUT2D eigenvalue weighted by Gasteiger charge is 2.02. The van der Waals surface area contributed by atoms with Gasteiger partial charge in [0.1, 0.15) is 0 Å². The van der Waals surface area contributed by atoms with Crippen molar-refractivity contribution in [3.05, 3.63) is 0 Å². The Kier molecular flexibility index (Phi) is 5.36. The lowest BCUT2D eigenvalue weighted by Gasteiger charge is -2.11. The predicted molar refractivity (Wildman–Crippen MR) is 47.1 cm³/mol. The van der Waals surface area contributed by atoms with E-state index in [1.165, 1.54) is 12.8 Å². The van der Waals surface area contributed by atoms with E-state index in [0.717, 1.165) is 10.5 Å². The van der Waals surface area contributed by atoms with Gasteiger partial charge in [0.05, 0.1) is 0 Å². The van der Waals surface area contributed by atoms with E-state index in [0.29, 0.717) is 0 Å². The molecule has 0 unspecified atom stereocenters. The van der Waals surface area contributed by atoms with E-state index in [9.17, 15) is 0 Å². The molecular weight excluding hydrogens is 128 g/mol. The number of rotatable bonds is 4. The largest absolute Gasteiger partial charge is 0.156 e. The Morgan fingerprint density at radius 1 is 1.22 bits per heavy atom. The Bertz CT molecular complexity index is 59.6. The van der Waals surface area contributed by atoms with Crippen molar-refractivity contribution in [2.24, 2.45) is 0 Å². The third-order valence-corrected chi connectivity index (χ3v) is 2.44. The summed E-state index contributed by atoms with van der Waals surface area (Å²) in [5.74, 6) is 0. The van der Waals surface area contributed by atoms with Crippen LogP contribution in [0.25, 0.3) is 0 Å². The summed E-state index contributed by atoms with van der Waals surface area (Å²) in [6, 6.07) is 0. The lowest BCUT2D eigenvalue weighted by atomic mass is 10.3. The fraction of sp³-hybridized carbons (Fsp3) is 1.00. The third kappa shape index (κ3) is 6.23. The second-order valence-corrected chi connectivity index (χ2v) is 4.80. The van der Waals surface area contributed by atoms with E-state index in [-0.39, 0.29) is 0 Å². The molecule has 9 heavy (non-hydrogen) atoms. The van der Waals surface area contributed by atoms with Crippen molar-refractivity contribution in [2.75, 3.05) is 0 Å². The lowest BCUT2D eigenvalue weighted by Crippen LogP contribution is -2.00. The zero-order valence-electron chi connectivity index (χ0n) is 6.98. The average molecular weight is 146 g/mol. The number of thioether (sulfide) groups is 1. The van der Waals surface area contributed by atoms with Gasteiger partial charge < -0.3 is 0 Å². The van der Waals surface area contributed by atoms with Crippen molar-refractivity contribution in [1.82, 2.24) is 0 Å². The molecule has 0 nitrogen and oxygen atoms in total. The summed E-state index contributed by atoms with van der Waals surface area (Å²) in [5, 5.41) is 1.65. The van der Waals surface area contributed by atoms with E-state index in [1.54, 1.807) is 0 Å². The van der Waals surface area contributed by atoms with Crippen LogP contribution < -0.4 is 0 Å². The molecule has 0 aromatic rings. The molecule has 0 aromatic carbocycles. The lowest BCUT2D eigenvalue weighted by molar-refractivity contribution is 0.783. The molecule has 1 heteroatoms. The SMILES string of the molecule is CCC[C@@H](C)SC(C)C. The molecule has 0 fully saturated rings. The minimum absolute atomic E-state index is 0.798. The standard InChI is InChI=1S/C8H18S/c1-5-6-8(4)9-7(2)3/h7-8H,5-6H2,1-4H3/t8-/m1/s1. The predicted octanol–water partition coefficient (Wildman–Crippen LogP) is 3.32. The van der Waals surface area contributed by atoms with E-state index >= 15 is 0 Å². The molecule has 0 amide bonds. The summed E-state index contributed by atoms with van der Waals surface area (Å²) >= 11 is 2.08. The van der Waals surface area contributed by atoms with E-state index in [1.807, 2.05) is 0 Å². The van der Waals surface area contributed by atoms with Crippen LogP contribution in [0.1, 0.15) is 40.5 Å². The molecule has 0 N–H and O–H groups in total. The molecular formula is C8H18S. The van der Waals surface area contributed by atoms with Crippen molar-refractivity contribution in [3.8, 4) is 0 Å². The van der Waals surface area contributed by atoms with Gasteiger partial charge in [-0.15, -0.1) is 0 Å². The van der Waals surface area contributed by atoms with Crippen molar-refractivity contribution in [2.45, 2.75) is 51.0 Å². The van der Waals surface area contributed by atoms with Gasteiger partial charge in [-0.2, -0.15) is 11.8 Å². The van der Waals surface area contributed by atoms with Gasteiger partial charge >= 0.3 is 0 Å². The van der Waals surface area contributed by atoms with Crippen LogP contribution in [-0.2, 0) is 0 Å². The highest BCUT2D eigenvalue weighted by Crippen LogP contribution is 2.19. The van der Waals surface area contributed by atoms with Crippen molar-refractivity contribution >= 4 is 11.8 Å². The maximum atomic E-state index is 2.31. The van der Waals surface area contributed by atoms with Gasteiger partial charge in [-0.25, -0.2) is 0 Å². The van der Waals surface area contributed by atoms with Gasteiger partial charge in [-0.1, -0.05) is 34.1 Å².